The van der Waals surface area contributed by atoms with E-state index in [1.807, 2.05) is 6.07 Å². The Balaban J connectivity index is 2.02. The lowest BCUT2D eigenvalue weighted by Crippen LogP contribution is -2.33. The van der Waals surface area contributed by atoms with Crippen molar-refractivity contribution in [3.63, 3.8) is 0 Å². The molecule has 0 bridgehead atoms. The minimum atomic E-state index is -0.376. The normalized spacial score (nSPS) is 16.3. The van der Waals surface area contributed by atoms with E-state index in [0.717, 1.165) is 37.2 Å². The first-order valence-corrected chi connectivity index (χ1v) is 5.83. The number of halogens is 1. The lowest BCUT2D eigenvalue weighted by Gasteiger charge is -2.26. The average molecular weight is 247 g/mol. The molecule has 0 aliphatic carbocycles. The van der Waals surface area contributed by atoms with Gasteiger partial charge in [0, 0.05) is 32.5 Å². The molecule has 18 heavy (non-hydrogen) atoms. The van der Waals surface area contributed by atoms with Gasteiger partial charge in [-0.25, -0.2) is 4.39 Å². The van der Waals surface area contributed by atoms with E-state index in [1.54, 1.807) is 6.07 Å². The number of piperidine rings is 1. The van der Waals surface area contributed by atoms with Crippen molar-refractivity contribution >= 4 is 5.71 Å². The van der Waals surface area contributed by atoms with Crippen LogP contribution < -0.4 is 0 Å². The first-order valence-electron chi connectivity index (χ1n) is 5.83. The molecule has 1 aliphatic heterocycles. The molecule has 1 aromatic rings. The maximum Gasteiger partial charge on any atom is 0.124 e. The molecule has 0 amide bonds. The summed E-state index contributed by atoms with van der Waals surface area (Å²) in [6.07, 6.45) is 1.47. The molecule has 0 atom stereocenters. The number of nitriles is 1. The first kappa shape index (κ1) is 12.5. The highest BCUT2D eigenvalue weighted by atomic mass is 19.1. The molecule has 94 valence electrons. The Morgan fingerprint density at radius 2 is 2.06 bits per heavy atom. The number of likely N-dealkylation sites (tertiary alicyclic amines) is 1. The highest BCUT2D eigenvalue weighted by Gasteiger charge is 2.15. The zero-order chi connectivity index (χ0) is 13.0. The second-order valence-electron chi connectivity index (χ2n) is 4.40. The zero-order valence-corrected chi connectivity index (χ0v) is 9.93. The van der Waals surface area contributed by atoms with E-state index in [4.69, 9.17) is 10.5 Å². The standard InChI is InChI=1S/C13H14FN3O/c14-12-6-10(8-15)5-11(7-12)9-17-3-1-13(16-18)2-4-17/h5-7,18H,1-4,9H2. The summed E-state index contributed by atoms with van der Waals surface area (Å²) in [6.45, 7) is 2.20. The number of benzene rings is 1. The van der Waals surface area contributed by atoms with Gasteiger partial charge in [0.05, 0.1) is 17.3 Å². The number of hydrogen-bond acceptors (Lipinski definition) is 4. The van der Waals surface area contributed by atoms with Crippen molar-refractivity contribution in [2.24, 2.45) is 5.16 Å². The van der Waals surface area contributed by atoms with Gasteiger partial charge in [-0.05, 0) is 23.8 Å². The van der Waals surface area contributed by atoms with Gasteiger partial charge in [0.1, 0.15) is 5.82 Å². The van der Waals surface area contributed by atoms with Gasteiger partial charge >= 0.3 is 0 Å². The van der Waals surface area contributed by atoms with Gasteiger partial charge in [-0.3, -0.25) is 4.90 Å². The van der Waals surface area contributed by atoms with Crippen molar-refractivity contribution in [2.45, 2.75) is 19.4 Å². The minimum Gasteiger partial charge on any atom is -0.411 e. The summed E-state index contributed by atoms with van der Waals surface area (Å²) in [5, 5.41) is 20.7. The van der Waals surface area contributed by atoms with Crippen molar-refractivity contribution in [1.82, 2.24) is 4.90 Å². The molecule has 0 radical (unpaired) electrons. The first-order chi connectivity index (χ1) is 8.71. The summed E-state index contributed by atoms with van der Waals surface area (Å²) in [5.41, 5.74) is 1.96. The van der Waals surface area contributed by atoms with Crippen LogP contribution >= 0.6 is 0 Å². The van der Waals surface area contributed by atoms with Gasteiger partial charge in [-0.1, -0.05) is 5.16 Å². The molecular weight excluding hydrogens is 233 g/mol. The van der Waals surface area contributed by atoms with Crippen LogP contribution in [0.15, 0.2) is 23.4 Å². The molecule has 0 aromatic heterocycles. The lowest BCUT2D eigenvalue weighted by atomic mass is 10.1. The summed E-state index contributed by atoms with van der Waals surface area (Å²) in [7, 11) is 0. The molecule has 2 rings (SSSR count). The maximum absolute atomic E-state index is 13.3. The second kappa shape index (κ2) is 5.61. The van der Waals surface area contributed by atoms with Gasteiger partial charge in [0.15, 0.2) is 0 Å². The summed E-state index contributed by atoms with van der Waals surface area (Å²) in [6, 6.07) is 6.35. The van der Waals surface area contributed by atoms with Crippen molar-refractivity contribution < 1.29 is 9.60 Å². The monoisotopic (exact) mass is 247 g/mol. The van der Waals surface area contributed by atoms with Crippen molar-refractivity contribution in [1.29, 1.82) is 5.26 Å². The molecule has 1 heterocycles. The van der Waals surface area contributed by atoms with Gasteiger partial charge in [-0.15, -0.1) is 0 Å². The third-order valence-corrected chi connectivity index (χ3v) is 3.07. The topological polar surface area (TPSA) is 59.6 Å². The Morgan fingerprint density at radius 3 is 2.67 bits per heavy atom. The van der Waals surface area contributed by atoms with Crippen LogP contribution in [0.25, 0.3) is 0 Å². The maximum atomic E-state index is 13.3. The van der Waals surface area contributed by atoms with Crippen LogP contribution in [-0.2, 0) is 6.54 Å². The van der Waals surface area contributed by atoms with E-state index >= 15 is 0 Å². The summed E-state index contributed by atoms with van der Waals surface area (Å²) in [5.74, 6) is -0.376. The minimum absolute atomic E-state index is 0.347. The second-order valence-corrected chi connectivity index (χ2v) is 4.40. The third-order valence-electron chi connectivity index (χ3n) is 3.07. The zero-order valence-electron chi connectivity index (χ0n) is 9.93. The van der Waals surface area contributed by atoms with Crippen LogP contribution in [-0.4, -0.2) is 28.9 Å². The SMILES string of the molecule is N#Cc1cc(F)cc(CN2CCC(=NO)CC2)c1. The van der Waals surface area contributed by atoms with E-state index < -0.39 is 0 Å². The third kappa shape index (κ3) is 3.05. The molecule has 4 nitrogen and oxygen atoms in total. The van der Waals surface area contributed by atoms with E-state index in [9.17, 15) is 4.39 Å². The van der Waals surface area contributed by atoms with Gasteiger partial charge in [-0.2, -0.15) is 5.26 Å². The molecule has 0 unspecified atom stereocenters. The molecule has 0 saturated carbocycles. The lowest BCUT2D eigenvalue weighted by molar-refractivity contribution is 0.256. The molecule has 1 fully saturated rings. The predicted octanol–water partition coefficient (Wildman–Crippen LogP) is 2.12. The number of oxime groups is 1. The van der Waals surface area contributed by atoms with Gasteiger partial charge in [0.25, 0.3) is 0 Å². The number of hydrogen-bond donors (Lipinski definition) is 1. The fourth-order valence-corrected chi connectivity index (χ4v) is 2.13. The average Bonchev–Trinajstić information content (AvgIpc) is 2.39. The quantitative estimate of drug-likeness (QED) is 0.643. The Bertz CT molecular complexity index is 497. The summed E-state index contributed by atoms with van der Waals surface area (Å²) in [4.78, 5) is 2.16. The summed E-state index contributed by atoms with van der Waals surface area (Å²) >= 11 is 0. The largest absolute Gasteiger partial charge is 0.411 e. The fourth-order valence-electron chi connectivity index (χ4n) is 2.13. The van der Waals surface area contributed by atoms with E-state index in [1.165, 1.54) is 12.1 Å². The van der Waals surface area contributed by atoms with Crippen molar-refractivity contribution in [3.05, 3.63) is 35.1 Å². The Labute approximate surface area is 105 Å². The smallest absolute Gasteiger partial charge is 0.124 e. The molecule has 1 saturated heterocycles. The predicted molar refractivity (Wildman–Crippen MR) is 64.8 cm³/mol. The molecular formula is C13H14FN3O. The highest BCUT2D eigenvalue weighted by molar-refractivity contribution is 5.84. The molecule has 5 heteroatoms. The molecule has 1 aromatic carbocycles. The number of rotatable bonds is 2. The van der Waals surface area contributed by atoms with Crippen LogP contribution in [0.2, 0.25) is 0 Å². The fraction of sp³-hybridized carbons (Fsp3) is 0.385. The van der Waals surface area contributed by atoms with Crippen LogP contribution in [0.3, 0.4) is 0 Å². The molecule has 1 aliphatic rings. The van der Waals surface area contributed by atoms with E-state index in [2.05, 4.69) is 10.1 Å². The Morgan fingerprint density at radius 1 is 1.33 bits per heavy atom. The van der Waals surface area contributed by atoms with Crippen molar-refractivity contribution in [3.8, 4) is 6.07 Å². The highest BCUT2D eigenvalue weighted by Crippen LogP contribution is 2.14. The van der Waals surface area contributed by atoms with E-state index in [0.29, 0.717) is 12.1 Å². The van der Waals surface area contributed by atoms with Gasteiger partial charge < -0.3 is 5.21 Å². The van der Waals surface area contributed by atoms with Crippen molar-refractivity contribution in [2.75, 3.05) is 13.1 Å². The molecule has 0 spiro atoms. The Kier molecular flexibility index (Phi) is 3.90. The van der Waals surface area contributed by atoms with E-state index in [-0.39, 0.29) is 5.82 Å². The van der Waals surface area contributed by atoms with Crippen LogP contribution in [0.5, 0.6) is 0 Å². The van der Waals surface area contributed by atoms with Crippen LogP contribution in [0, 0.1) is 17.1 Å². The van der Waals surface area contributed by atoms with Gasteiger partial charge in [0.2, 0.25) is 0 Å². The van der Waals surface area contributed by atoms with Crippen LogP contribution in [0.1, 0.15) is 24.0 Å². The van der Waals surface area contributed by atoms with Crippen LogP contribution in [0.4, 0.5) is 4.39 Å². The Hall–Kier alpha value is -1.93. The number of nitrogens with zero attached hydrogens (tertiary/aromatic N) is 3. The summed E-state index contributed by atoms with van der Waals surface area (Å²) < 4.78 is 13.3. The molecule has 1 N–H and O–H groups in total.